The summed E-state index contributed by atoms with van der Waals surface area (Å²) in [4.78, 5) is 24.7. The number of carbonyl (C=O) groups excluding carboxylic acids is 1. The molecule has 1 amide bonds. The maximum atomic E-state index is 12.4. The molecule has 0 spiro atoms. The average Bonchev–Trinajstić information content (AvgIpc) is 3.26. The largest absolute Gasteiger partial charge is 0.433 e. The van der Waals surface area contributed by atoms with Crippen molar-refractivity contribution < 1.29 is 14.1 Å². The van der Waals surface area contributed by atoms with Crippen LogP contribution in [0.4, 0.5) is 5.88 Å². The number of amides is 1. The minimum atomic E-state index is -0.657. The van der Waals surface area contributed by atoms with Crippen molar-refractivity contribution >= 4 is 11.8 Å². The lowest BCUT2D eigenvalue weighted by atomic mass is 10.1. The van der Waals surface area contributed by atoms with Gasteiger partial charge in [-0.2, -0.15) is 0 Å². The van der Waals surface area contributed by atoms with Crippen molar-refractivity contribution in [3.63, 3.8) is 0 Å². The maximum Gasteiger partial charge on any atom is 0.433 e. The molecule has 0 aliphatic carbocycles. The van der Waals surface area contributed by atoms with Gasteiger partial charge in [-0.15, -0.1) is 0 Å². The van der Waals surface area contributed by atoms with E-state index >= 15 is 0 Å². The molecule has 24 heavy (non-hydrogen) atoms. The minimum absolute atomic E-state index is 0.0518. The molecule has 1 aliphatic rings. The van der Waals surface area contributed by atoms with Crippen molar-refractivity contribution in [3.8, 4) is 0 Å². The van der Waals surface area contributed by atoms with Gasteiger partial charge < -0.3 is 14.6 Å². The number of nitrogens with one attached hydrogen (secondary N) is 1. The van der Waals surface area contributed by atoms with E-state index in [9.17, 15) is 14.9 Å². The van der Waals surface area contributed by atoms with E-state index in [1.165, 1.54) is 25.0 Å². The number of rotatable bonds is 6. The molecule has 0 bridgehead atoms. The Hall–Kier alpha value is -2.67. The first-order chi connectivity index (χ1) is 11.6. The van der Waals surface area contributed by atoms with Crippen LogP contribution in [0.2, 0.25) is 0 Å². The third-order valence-electron chi connectivity index (χ3n) is 4.14. The summed E-state index contributed by atoms with van der Waals surface area (Å²) in [5.41, 5.74) is 0.999. The fraction of sp³-hybridized carbons (Fsp3) is 0.353. The smallest absolute Gasteiger partial charge is 0.395 e. The molecule has 7 heteroatoms. The Labute approximate surface area is 139 Å². The van der Waals surface area contributed by atoms with Crippen molar-refractivity contribution in [1.29, 1.82) is 0 Å². The summed E-state index contributed by atoms with van der Waals surface area (Å²) >= 11 is 0. The van der Waals surface area contributed by atoms with Gasteiger partial charge in [-0.1, -0.05) is 30.3 Å². The second-order valence-electron chi connectivity index (χ2n) is 5.84. The van der Waals surface area contributed by atoms with E-state index < -0.39 is 16.7 Å². The lowest BCUT2D eigenvalue weighted by molar-refractivity contribution is -0.402. The van der Waals surface area contributed by atoms with Gasteiger partial charge in [0.05, 0.1) is 12.1 Å². The first kappa shape index (κ1) is 16.2. The van der Waals surface area contributed by atoms with Crippen molar-refractivity contribution in [3.05, 3.63) is 63.9 Å². The van der Waals surface area contributed by atoms with Gasteiger partial charge in [-0.25, -0.2) is 0 Å². The molecule has 1 fully saturated rings. The lowest BCUT2D eigenvalue weighted by Gasteiger charge is -2.24. The van der Waals surface area contributed by atoms with E-state index in [1.807, 2.05) is 30.3 Å². The number of nitro groups is 1. The van der Waals surface area contributed by atoms with Crippen molar-refractivity contribution in [1.82, 2.24) is 10.2 Å². The second kappa shape index (κ2) is 7.27. The van der Waals surface area contributed by atoms with E-state index in [0.29, 0.717) is 6.54 Å². The first-order valence-corrected chi connectivity index (χ1v) is 7.96. The summed E-state index contributed by atoms with van der Waals surface area (Å²) < 4.78 is 4.99. The monoisotopic (exact) mass is 329 g/mol. The standard InChI is InChI=1S/C17H19N3O4/c21-17(15-8-9-16(24-15)20(22)23)18-14(12-19-10-4-5-11-19)13-6-2-1-3-7-13/h1-3,6-9,14H,4-5,10-12H2,(H,18,21). The zero-order valence-corrected chi connectivity index (χ0v) is 13.2. The van der Waals surface area contributed by atoms with Gasteiger partial charge in [0.25, 0.3) is 5.91 Å². The zero-order valence-electron chi connectivity index (χ0n) is 13.2. The molecule has 1 aromatic heterocycles. The first-order valence-electron chi connectivity index (χ1n) is 7.96. The van der Waals surface area contributed by atoms with Crippen LogP contribution in [0.15, 0.2) is 46.9 Å². The number of furan rings is 1. The summed E-state index contributed by atoms with van der Waals surface area (Å²) in [6.07, 6.45) is 2.33. The normalized spacial score (nSPS) is 16.0. The van der Waals surface area contributed by atoms with Crippen LogP contribution in [0, 0.1) is 10.1 Å². The summed E-state index contributed by atoms with van der Waals surface area (Å²) in [5.74, 6) is -0.934. The number of benzene rings is 1. The average molecular weight is 329 g/mol. The van der Waals surface area contributed by atoms with Gasteiger partial charge in [0.15, 0.2) is 5.76 Å². The van der Waals surface area contributed by atoms with E-state index in [-0.39, 0.29) is 11.8 Å². The van der Waals surface area contributed by atoms with Crippen LogP contribution in [-0.2, 0) is 0 Å². The molecule has 0 radical (unpaired) electrons. The van der Waals surface area contributed by atoms with Crippen LogP contribution >= 0.6 is 0 Å². The molecule has 1 unspecified atom stereocenters. The molecular formula is C17H19N3O4. The lowest BCUT2D eigenvalue weighted by Crippen LogP contribution is -2.36. The van der Waals surface area contributed by atoms with Gasteiger partial charge in [-0.3, -0.25) is 14.9 Å². The summed E-state index contributed by atoms with van der Waals surface area (Å²) in [7, 11) is 0. The predicted molar refractivity (Wildman–Crippen MR) is 87.7 cm³/mol. The Morgan fingerprint density at radius 1 is 1.21 bits per heavy atom. The second-order valence-corrected chi connectivity index (χ2v) is 5.84. The van der Waals surface area contributed by atoms with Crippen molar-refractivity contribution in [2.75, 3.05) is 19.6 Å². The topological polar surface area (TPSA) is 88.6 Å². The Morgan fingerprint density at radius 3 is 2.54 bits per heavy atom. The zero-order chi connectivity index (χ0) is 16.9. The molecule has 3 rings (SSSR count). The number of hydrogen-bond donors (Lipinski definition) is 1. The van der Waals surface area contributed by atoms with E-state index in [2.05, 4.69) is 10.2 Å². The molecule has 126 valence electrons. The molecule has 1 aliphatic heterocycles. The highest BCUT2D eigenvalue weighted by molar-refractivity contribution is 5.92. The highest BCUT2D eigenvalue weighted by Gasteiger charge is 2.23. The minimum Gasteiger partial charge on any atom is -0.395 e. The van der Waals surface area contributed by atoms with Crippen LogP contribution in [0.1, 0.15) is 35.0 Å². The molecule has 1 aromatic carbocycles. The Bertz CT molecular complexity index is 708. The molecular weight excluding hydrogens is 310 g/mol. The molecule has 2 heterocycles. The summed E-state index contributed by atoms with van der Waals surface area (Å²) in [6.45, 7) is 2.75. The number of nitrogens with zero attached hydrogens (tertiary/aromatic N) is 2. The van der Waals surface area contributed by atoms with E-state index in [0.717, 1.165) is 18.7 Å². The van der Waals surface area contributed by atoms with Crippen LogP contribution in [0.5, 0.6) is 0 Å². The van der Waals surface area contributed by atoms with E-state index in [1.54, 1.807) is 0 Å². The Morgan fingerprint density at radius 2 is 1.92 bits per heavy atom. The molecule has 0 saturated carbocycles. The third kappa shape index (κ3) is 3.80. The maximum absolute atomic E-state index is 12.4. The van der Waals surface area contributed by atoms with Gasteiger partial charge in [0, 0.05) is 6.54 Å². The molecule has 1 N–H and O–H groups in total. The molecule has 1 saturated heterocycles. The number of carbonyl (C=O) groups is 1. The Balaban J connectivity index is 1.74. The third-order valence-corrected chi connectivity index (χ3v) is 4.14. The van der Waals surface area contributed by atoms with Gasteiger partial charge in [-0.05, 0) is 37.6 Å². The SMILES string of the molecule is O=C(NC(CN1CCCC1)c1ccccc1)c1ccc([N+](=O)[O-])o1. The van der Waals surface area contributed by atoms with Crippen molar-refractivity contribution in [2.45, 2.75) is 18.9 Å². The highest BCUT2D eigenvalue weighted by Crippen LogP contribution is 2.20. The fourth-order valence-corrected chi connectivity index (χ4v) is 2.92. The van der Waals surface area contributed by atoms with Crippen LogP contribution in [0.25, 0.3) is 0 Å². The molecule has 1 atom stereocenters. The van der Waals surface area contributed by atoms with Crippen LogP contribution < -0.4 is 5.32 Å². The molecule has 7 nitrogen and oxygen atoms in total. The highest BCUT2D eigenvalue weighted by atomic mass is 16.6. The Kier molecular flexibility index (Phi) is 4.90. The van der Waals surface area contributed by atoms with Gasteiger partial charge >= 0.3 is 5.88 Å². The predicted octanol–water partition coefficient (Wildman–Crippen LogP) is 2.75. The van der Waals surface area contributed by atoms with Crippen LogP contribution in [0.3, 0.4) is 0 Å². The van der Waals surface area contributed by atoms with E-state index in [4.69, 9.17) is 4.42 Å². The van der Waals surface area contributed by atoms with Gasteiger partial charge in [0.1, 0.15) is 4.92 Å². The summed E-state index contributed by atoms with van der Waals surface area (Å²) in [6, 6.07) is 12.0. The number of hydrogen-bond acceptors (Lipinski definition) is 5. The van der Waals surface area contributed by atoms with Gasteiger partial charge in [0.2, 0.25) is 0 Å². The number of likely N-dealkylation sites (tertiary alicyclic amines) is 1. The van der Waals surface area contributed by atoms with Crippen LogP contribution in [-0.4, -0.2) is 35.4 Å². The quantitative estimate of drug-likeness (QED) is 0.650. The molecule has 2 aromatic rings. The van der Waals surface area contributed by atoms with Crippen molar-refractivity contribution in [2.24, 2.45) is 0 Å². The summed E-state index contributed by atoms with van der Waals surface area (Å²) in [5, 5.41) is 13.6. The fourth-order valence-electron chi connectivity index (χ4n) is 2.92.